The van der Waals surface area contributed by atoms with Gasteiger partial charge in [-0.1, -0.05) is 36.8 Å². The van der Waals surface area contributed by atoms with Crippen molar-refractivity contribution in [1.29, 1.82) is 0 Å². The average Bonchev–Trinajstić information content (AvgIpc) is 2.34. The smallest absolute Gasteiger partial charge is 0.237 e. The normalized spacial score (nSPS) is 18.4. The summed E-state index contributed by atoms with van der Waals surface area (Å²) in [6.07, 6.45) is 5.33. The minimum absolute atomic E-state index is 0.00432. The first-order valence-electron chi connectivity index (χ1n) is 7.26. The predicted molar refractivity (Wildman–Crippen MR) is 77.7 cm³/mol. The first-order valence-corrected chi connectivity index (χ1v) is 7.26. The van der Waals surface area contributed by atoms with E-state index in [0.29, 0.717) is 12.3 Å². The summed E-state index contributed by atoms with van der Waals surface area (Å²) in [4.78, 5) is 12.0. The highest BCUT2D eigenvalue weighted by Crippen LogP contribution is 2.29. The lowest BCUT2D eigenvalue weighted by Crippen LogP contribution is -2.48. The Morgan fingerprint density at radius 1 is 1.37 bits per heavy atom. The van der Waals surface area contributed by atoms with Crippen LogP contribution in [0.1, 0.15) is 38.2 Å². The Kier molecular flexibility index (Phi) is 4.97. The first kappa shape index (κ1) is 14.1. The Hall–Kier alpha value is -1.35. The Labute approximate surface area is 115 Å². The Bertz CT molecular complexity index is 400. The largest absolute Gasteiger partial charge is 0.352 e. The van der Waals surface area contributed by atoms with E-state index in [1.807, 2.05) is 18.2 Å². The quantitative estimate of drug-likeness (QED) is 0.824. The molecule has 3 N–H and O–H groups in total. The lowest BCUT2D eigenvalue weighted by Gasteiger charge is -2.32. The van der Waals surface area contributed by atoms with E-state index < -0.39 is 6.04 Å². The third-order valence-electron chi connectivity index (χ3n) is 4.15. The fourth-order valence-corrected chi connectivity index (χ4v) is 2.49. The van der Waals surface area contributed by atoms with E-state index in [-0.39, 0.29) is 11.9 Å². The number of nitrogens with two attached hydrogens (primary N) is 1. The zero-order valence-electron chi connectivity index (χ0n) is 11.6. The van der Waals surface area contributed by atoms with Crippen LogP contribution in [-0.4, -0.2) is 18.0 Å². The van der Waals surface area contributed by atoms with E-state index in [1.165, 1.54) is 24.8 Å². The van der Waals surface area contributed by atoms with Gasteiger partial charge in [0.05, 0.1) is 6.04 Å². The molecule has 1 aromatic rings. The summed E-state index contributed by atoms with van der Waals surface area (Å²) in [5.74, 6) is 0.653. The second kappa shape index (κ2) is 6.71. The molecule has 1 amide bonds. The molecule has 0 heterocycles. The van der Waals surface area contributed by atoms with Crippen molar-refractivity contribution in [1.82, 2.24) is 5.32 Å². The number of carbonyl (C=O) groups is 1. The van der Waals surface area contributed by atoms with Crippen molar-refractivity contribution in [2.45, 2.75) is 51.1 Å². The van der Waals surface area contributed by atoms with Crippen LogP contribution in [0.15, 0.2) is 30.3 Å². The number of nitrogens with one attached hydrogen (secondary N) is 1. The Morgan fingerprint density at radius 3 is 2.63 bits per heavy atom. The van der Waals surface area contributed by atoms with E-state index in [4.69, 9.17) is 5.73 Å². The van der Waals surface area contributed by atoms with Gasteiger partial charge in [-0.25, -0.2) is 0 Å². The maximum absolute atomic E-state index is 12.0. The molecule has 0 spiro atoms. The fourth-order valence-electron chi connectivity index (χ4n) is 2.49. The Morgan fingerprint density at radius 2 is 2.05 bits per heavy atom. The molecule has 3 heteroatoms. The molecule has 19 heavy (non-hydrogen) atoms. The summed E-state index contributed by atoms with van der Waals surface area (Å²) in [5.41, 5.74) is 7.19. The van der Waals surface area contributed by atoms with Crippen LogP contribution >= 0.6 is 0 Å². The lowest BCUT2D eigenvalue weighted by molar-refractivity contribution is -0.123. The summed E-state index contributed by atoms with van der Waals surface area (Å²) in [6.45, 7) is 2.09. The predicted octanol–water partition coefficient (Wildman–Crippen LogP) is 2.25. The molecule has 1 aromatic carbocycles. The van der Waals surface area contributed by atoms with Gasteiger partial charge in [-0.2, -0.15) is 0 Å². The van der Waals surface area contributed by atoms with Crippen molar-refractivity contribution in [2.24, 2.45) is 11.7 Å². The van der Waals surface area contributed by atoms with Crippen LogP contribution in [0.5, 0.6) is 0 Å². The molecule has 2 unspecified atom stereocenters. The topological polar surface area (TPSA) is 55.1 Å². The highest BCUT2D eigenvalue weighted by atomic mass is 16.2. The van der Waals surface area contributed by atoms with Crippen LogP contribution < -0.4 is 11.1 Å². The Balaban J connectivity index is 1.72. The van der Waals surface area contributed by atoms with Crippen molar-refractivity contribution in [3.63, 3.8) is 0 Å². The van der Waals surface area contributed by atoms with Gasteiger partial charge in [0, 0.05) is 6.04 Å². The van der Waals surface area contributed by atoms with Crippen molar-refractivity contribution in [3.8, 4) is 0 Å². The van der Waals surface area contributed by atoms with Crippen LogP contribution in [-0.2, 0) is 11.2 Å². The zero-order valence-corrected chi connectivity index (χ0v) is 11.6. The third kappa shape index (κ3) is 4.06. The molecule has 1 aliphatic carbocycles. The van der Waals surface area contributed by atoms with Crippen LogP contribution in [0.2, 0.25) is 0 Å². The van der Waals surface area contributed by atoms with Gasteiger partial charge in [0.1, 0.15) is 0 Å². The molecule has 0 aliphatic heterocycles. The molecule has 2 rings (SSSR count). The van der Waals surface area contributed by atoms with Gasteiger partial charge < -0.3 is 11.1 Å². The highest BCUT2D eigenvalue weighted by Gasteiger charge is 2.26. The van der Waals surface area contributed by atoms with E-state index >= 15 is 0 Å². The number of rotatable bonds is 6. The highest BCUT2D eigenvalue weighted by molar-refractivity contribution is 5.81. The summed E-state index contributed by atoms with van der Waals surface area (Å²) >= 11 is 0. The molecule has 0 bridgehead atoms. The van der Waals surface area contributed by atoms with Crippen molar-refractivity contribution < 1.29 is 4.79 Å². The summed E-state index contributed by atoms with van der Waals surface area (Å²) in [7, 11) is 0. The molecule has 0 aromatic heterocycles. The standard InChI is InChI=1S/C16H24N2O/c1-12(14-8-5-9-14)18-16(19)15(17)11-10-13-6-3-2-4-7-13/h2-4,6-7,12,14-15H,5,8-11,17H2,1H3,(H,18,19). The molecule has 1 aliphatic rings. The maximum Gasteiger partial charge on any atom is 0.237 e. The molecule has 3 nitrogen and oxygen atoms in total. The van der Waals surface area contributed by atoms with Crippen molar-refractivity contribution in [3.05, 3.63) is 35.9 Å². The number of hydrogen-bond donors (Lipinski definition) is 2. The molecule has 0 saturated heterocycles. The SMILES string of the molecule is CC(NC(=O)C(N)CCc1ccccc1)C1CCC1. The number of benzene rings is 1. The van der Waals surface area contributed by atoms with Crippen LogP contribution in [0.25, 0.3) is 0 Å². The molecule has 2 atom stereocenters. The fraction of sp³-hybridized carbons (Fsp3) is 0.562. The van der Waals surface area contributed by atoms with E-state index in [2.05, 4.69) is 24.4 Å². The molecule has 0 radical (unpaired) electrons. The molecule has 1 saturated carbocycles. The average molecular weight is 260 g/mol. The lowest BCUT2D eigenvalue weighted by atomic mass is 9.80. The maximum atomic E-state index is 12.0. The summed E-state index contributed by atoms with van der Waals surface area (Å²) in [6, 6.07) is 10.0. The van der Waals surface area contributed by atoms with Crippen molar-refractivity contribution in [2.75, 3.05) is 0 Å². The minimum Gasteiger partial charge on any atom is -0.352 e. The molecule has 1 fully saturated rings. The van der Waals surface area contributed by atoms with E-state index in [9.17, 15) is 4.79 Å². The number of carbonyl (C=O) groups excluding carboxylic acids is 1. The van der Waals surface area contributed by atoms with Gasteiger partial charge in [0.25, 0.3) is 0 Å². The second-order valence-corrected chi connectivity index (χ2v) is 5.62. The summed E-state index contributed by atoms with van der Waals surface area (Å²) in [5, 5.41) is 3.05. The second-order valence-electron chi connectivity index (χ2n) is 5.62. The van der Waals surface area contributed by atoms with Gasteiger partial charge in [-0.3, -0.25) is 4.79 Å². The van der Waals surface area contributed by atoms with Crippen LogP contribution in [0, 0.1) is 5.92 Å². The molecule has 104 valence electrons. The van der Waals surface area contributed by atoms with E-state index in [0.717, 1.165) is 6.42 Å². The van der Waals surface area contributed by atoms with Gasteiger partial charge in [0.15, 0.2) is 0 Å². The van der Waals surface area contributed by atoms with Crippen molar-refractivity contribution >= 4 is 5.91 Å². The summed E-state index contributed by atoms with van der Waals surface area (Å²) < 4.78 is 0. The van der Waals surface area contributed by atoms with Crippen LogP contribution in [0.3, 0.4) is 0 Å². The van der Waals surface area contributed by atoms with Crippen LogP contribution in [0.4, 0.5) is 0 Å². The third-order valence-corrected chi connectivity index (χ3v) is 4.15. The number of hydrogen-bond acceptors (Lipinski definition) is 2. The van der Waals surface area contributed by atoms with Gasteiger partial charge in [-0.15, -0.1) is 0 Å². The monoisotopic (exact) mass is 260 g/mol. The number of amides is 1. The van der Waals surface area contributed by atoms with E-state index in [1.54, 1.807) is 0 Å². The van der Waals surface area contributed by atoms with Gasteiger partial charge in [0.2, 0.25) is 5.91 Å². The zero-order chi connectivity index (χ0) is 13.7. The minimum atomic E-state index is -0.400. The van der Waals surface area contributed by atoms with Gasteiger partial charge >= 0.3 is 0 Å². The first-order chi connectivity index (χ1) is 9.16. The molecular formula is C16H24N2O. The number of aryl methyl sites for hydroxylation is 1. The van der Waals surface area contributed by atoms with Gasteiger partial charge in [-0.05, 0) is 44.1 Å². The molecular weight excluding hydrogens is 236 g/mol.